The minimum atomic E-state index is -0.809. The fourth-order valence-corrected chi connectivity index (χ4v) is 4.37. The molecule has 0 radical (unpaired) electrons. The van der Waals surface area contributed by atoms with Gasteiger partial charge in [-0.3, -0.25) is 9.59 Å². The summed E-state index contributed by atoms with van der Waals surface area (Å²) in [6.45, 7) is 2.89. The van der Waals surface area contributed by atoms with Crippen LogP contribution in [0.3, 0.4) is 0 Å². The highest BCUT2D eigenvalue weighted by Crippen LogP contribution is 2.41. The van der Waals surface area contributed by atoms with Crippen LogP contribution in [0.5, 0.6) is 5.75 Å². The molecule has 6 nitrogen and oxygen atoms in total. The third-order valence-corrected chi connectivity index (χ3v) is 6.08. The van der Waals surface area contributed by atoms with Crippen molar-refractivity contribution in [2.24, 2.45) is 0 Å². The average molecular weight is 439 g/mol. The van der Waals surface area contributed by atoms with E-state index in [1.807, 2.05) is 31.2 Å². The molecule has 0 aliphatic carbocycles. The zero-order chi connectivity index (χ0) is 22.8. The van der Waals surface area contributed by atoms with Crippen LogP contribution in [-0.2, 0) is 20.7 Å². The number of methoxy groups -OCH3 is 1. The summed E-state index contributed by atoms with van der Waals surface area (Å²) in [5.74, 6) is -2.36. The highest BCUT2D eigenvalue weighted by molar-refractivity contribution is 6.46. The Hall–Kier alpha value is -3.19. The number of ether oxygens (including phenoxy) is 2. The predicted molar refractivity (Wildman–Crippen MR) is 117 cm³/mol. The Balaban J connectivity index is 1.86. The van der Waals surface area contributed by atoms with E-state index < -0.39 is 29.3 Å². The first-order chi connectivity index (χ1) is 15.4. The number of aliphatic hydroxyl groups excluding tert-OH is 1. The van der Waals surface area contributed by atoms with E-state index in [4.69, 9.17) is 9.47 Å². The van der Waals surface area contributed by atoms with E-state index in [1.54, 1.807) is 0 Å². The van der Waals surface area contributed by atoms with Crippen molar-refractivity contribution < 1.29 is 28.6 Å². The SMILES string of the molecule is CCc1ccc(C2/C(=C(\O)c3cc(F)ccc3OC)C(=O)C(=O)N2CC2CCCO2)cc1. The lowest BCUT2D eigenvalue weighted by Gasteiger charge is -2.27. The van der Waals surface area contributed by atoms with Crippen molar-refractivity contribution >= 4 is 17.4 Å². The normalized spacial score (nSPS) is 22.5. The zero-order valence-electron chi connectivity index (χ0n) is 18.1. The Bertz CT molecular complexity index is 1060. The summed E-state index contributed by atoms with van der Waals surface area (Å²) in [5, 5.41) is 11.2. The molecule has 4 rings (SSSR count). The van der Waals surface area contributed by atoms with Crippen LogP contribution in [0.4, 0.5) is 4.39 Å². The number of Topliss-reactive ketones (excluding diaryl/α,β-unsaturated/α-hetero) is 1. The van der Waals surface area contributed by atoms with Gasteiger partial charge in [0.25, 0.3) is 11.7 Å². The number of hydrogen-bond donors (Lipinski definition) is 1. The minimum Gasteiger partial charge on any atom is -0.507 e. The Labute approximate surface area is 186 Å². The number of rotatable bonds is 6. The van der Waals surface area contributed by atoms with Gasteiger partial charge in [-0.25, -0.2) is 4.39 Å². The number of aliphatic hydroxyl groups is 1. The number of carbonyl (C=O) groups excluding carboxylic acids is 2. The topological polar surface area (TPSA) is 76.1 Å². The first-order valence-corrected chi connectivity index (χ1v) is 10.8. The molecule has 0 spiro atoms. The molecule has 0 aromatic heterocycles. The largest absolute Gasteiger partial charge is 0.507 e. The van der Waals surface area contributed by atoms with E-state index >= 15 is 0 Å². The van der Waals surface area contributed by atoms with Gasteiger partial charge in [0.15, 0.2) is 0 Å². The van der Waals surface area contributed by atoms with Crippen molar-refractivity contribution in [2.45, 2.75) is 38.3 Å². The molecule has 2 aromatic rings. The van der Waals surface area contributed by atoms with Crippen molar-refractivity contribution in [3.05, 3.63) is 70.5 Å². The predicted octanol–water partition coefficient (Wildman–Crippen LogP) is 4.00. The van der Waals surface area contributed by atoms with Gasteiger partial charge in [0.05, 0.1) is 30.4 Å². The summed E-state index contributed by atoms with van der Waals surface area (Å²) in [5.41, 5.74) is 1.74. The number of aryl methyl sites for hydroxylation is 1. The standard InChI is InChI=1S/C25H26FNO5/c1-3-15-6-8-16(9-7-15)22-21(23(28)19-13-17(26)10-11-20(19)31-2)24(29)25(30)27(22)14-18-5-4-12-32-18/h6-11,13,18,22,28H,3-5,12,14H2,1-2H3/b23-21+. The highest BCUT2D eigenvalue weighted by Gasteiger charge is 2.47. The summed E-state index contributed by atoms with van der Waals surface area (Å²) < 4.78 is 24.9. The van der Waals surface area contributed by atoms with Gasteiger partial charge in [0.2, 0.25) is 0 Å². The number of halogens is 1. The number of carbonyl (C=O) groups is 2. The lowest BCUT2D eigenvalue weighted by Crippen LogP contribution is -2.36. The number of nitrogens with zero attached hydrogens (tertiary/aromatic N) is 1. The summed E-state index contributed by atoms with van der Waals surface area (Å²) in [6, 6.07) is 10.4. The van der Waals surface area contributed by atoms with Crippen molar-refractivity contribution in [3.63, 3.8) is 0 Å². The van der Waals surface area contributed by atoms with Crippen LogP contribution in [0.2, 0.25) is 0 Å². The smallest absolute Gasteiger partial charge is 0.295 e. The molecule has 1 amide bonds. The molecule has 1 N–H and O–H groups in total. The van der Waals surface area contributed by atoms with Gasteiger partial charge in [-0.15, -0.1) is 0 Å². The van der Waals surface area contributed by atoms with Crippen molar-refractivity contribution in [2.75, 3.05) is 20.3 Å². The highest BCUT2D eigenvalue weighted by atomic mass is 19.1. The van der Waals surface area contributed by atoms with Crippen molar-refractivity contribution in [1.82, 2.24) is 4.90 Å². The van der Waals surface area contributed by atoms with Gasteiger partial charge in [0, 0.05) is 13.2 Å². The van der Waals surface area contributed by atoms with E-state index in [0.29, 0.717) is 12.2 Å². The monoisotopic (exact) mass is 439 g/mol. The molecule has 2 fully saturated rings. The Kier molecular flexibility index (Phi) is 6.28. The van der Waals surface area contributed by atoms with Gasteiger partial charge in [-0.2, -0.15) is 0 Å². The number of benzene rings is 2. The van der Waals surface area contributed by atoms with Crippen LogP contribution >= 0.6 is 0 Å². The maximum atomic E-state index is 14.0. The number of ketones is 1. The van der Waals surface area contributed by atoms with Crippen LogP contribution in [0, 0.1) is 5.82 Å². The third-order valence-electron chi connectivity index (χ3n) is 6.08. The first-order valence-electron chi connectivity index (χ1n) is 10.8. The molecule has 2 atom stereocenters. The van der Waals surface area contributed by atoms with E-state index in [-0.39, 0.29) is 29.5 Å². The number of amides is 1. The van der Waals surface area contributed by atoms with Gasteiger partial charge in [-0.1, -0.05) is 31.2 Å². The average Bonchev–Trinajstić information content (AvgIpc) is 3.41. The Morgan fingerprint density at radius 1 is 1.22 bits per heavy atom. The molecule has 7 heteroatoms. The van der Waals surface area contributed by atoms with Crippen LogP contribution in [-0.4, -0.2) is 48.1 Å². The molecule has 2 heterocycles. The maximum Gasteiger partial charge on any atom is 0.295 e. The Morgan fingerprint density at radius 3 is 2.59 bits per heavy atom. The quantitative estimate of drug-likeness (QED) is 0.418. The van der Waals surface area contributed by atoms with Gasteiger partial charge in [0.1, 0.15) is 17.3 Å². The minimum absolute atomic E-state index is 0.0257. The molecule has 32 heavy (non-hydrogen) atoms. The molecule has 168 valence electrons. The summed E-state index contributed by atoms with van der Waals surface area (Å²) in [6.07, 6.45) is 2.36. The lowest BCUT2D eigenvalue weighted by molar-refractivity contribution is -0.140. The van der Waals surface area contributed by atoms with E-state index in [9.17, 15) is 19.1 Å². The first kappa shape index (κ1) is 22.0. The molecule has 2 aromatic carbocycles. The Morgan fingerprint density at radius 2 is 1.97 bits per heavy atom. The molecule has 2 unspecified atom stereocenters. The lowest BCUT2D eigenvalue weighted by atomic mass is 9.94. The molecule has 2 aliphatic rings. The maximum absolute atomic E-state index is 14.0. The number of likely N-dealkylation sites (tertiary alicyclic amines) is 1. The van der Waals surface area contributed by atoms with Crippen molar-refractivity contribution in [1.29, 1.82) is 0 Å². The summed E-state index contributed by atoms with van der Waals surface area (Å²) in [4.78, 5) is 27.6. The number of hydrogen-bond acceptors (Lipinski definition) is 5. The second-order valence-corrected chi connectivity index (χ2v) is 8.03. The van der Waals surface area contributed by atoms with E-state index in [2.05, 4.69) is 0 Å². The second kappa shape index (κ2) is 9.12. The molecule has 2 aliphatic heterocycles. The molecular weight excluding hydrogens is 413 g/mol. The second-order valence-electron chi connectivity index (χ2n) is 8.03. The fraction of sp³-hybridized carbons (Fsp3) is 0.360. The molecule has 0 bridgehead atoms. The molecular formula is C25H26FNO5. The van der Waals surface area contributed by atoms with Gasteiger partial charge >= 0.3 is 0 Å². The fourth-order valence-electron chi connectivity index (χ4n) is 4.37. The van der Waals surface area contributed by atoms with E-state index in [1.165, 1.54) is 24.1 Å². The molecule has 2 saturated heterocycles. The van der Waals surface area contributed by atoms with Crippen LogP contribution in [0.15, 0.2) is 48.0 Å². The van der Waals surface area contributed by atoms with E-state index in [0.717, 1.165) is 30.9 Å². The van der Waals surface area contributed by atoms with Crippen LogP contribution in [0.1, 0.15) is 42.5 Å². The third kappa shape index (κ3) is 4.00. The van der Waals surface area contributed by atoms with Crippen molar-refractivity contribution in [3.8, 4) is 5.75 Å². The molecule has 0 saturated carbocycles. The van der Waals surface area contributed by atoms with Gasteiger partial charge < -0.3 is 19.5 Å². The van der Waals surface area contributed by atoms with Crippen LogP contribution < -0.4 is 4.74 Å². The summed E-state index contributed by atoms with van der Waals surface area (Å²) >= 11 is 0. The van der Waals surface area contributed by atoms with Crippen LogP contribution in [0.25, 0.3) is 5.76 Å². The van der Waals surface area contributed by atoms with Gasteiger partial charge in [-0.05, 0) is 48.6 Å². The summed E-state index contributed by atoms with van der Waals surface area (Å²) in [7, 11) is 1.39. The zero-order valence-corrected chi connectivity index (χ0v) is 18.1.